The van der Waals surface area contributed by atoms with Gasteiger partial charge in [0.2, 0.25) is 0 Å². The second-order valence-electron chi connectivity index (χ2n) is 3.71. The van der Waals surface area contributed by atoms with Crippen LogP contribution in [0.4, 0.5) is 0 Å². The van der Waals surface area contributed by atoms with E-state index in [1.165, 1.54) is 26.9 Å². The highest BCUT2D eigenvalue weighted by atomic mass is 15.4. The average Bonchev–Trinajstić information content (AvgIpc) is 2.09. The van der Waals surface area contributed by atoms with Gasteiger partial charge in [-0.3, -0.25) is 10.9 Å². The van der Waals surface area contributed by atoms with Crippen LogP contribution in [-0.4, -0.2) is 19.1 Å². The van der Waals surface area contributed by atoms with Crippen LogP contribution in [0.2, 0.25) is 0 Å². The van der Waals surface area contributed by atoms with Crippen LogP contribution >= 0.6 is 0 Å². The summed E-state index contributed by atoms with van der Waals surface area (Å²) >= 11 is 0. The number of nitrogens with two attached hydrogens (primary N) is 1. The third-order valence-electron chi connectivity index (χ3n) is 2.19. The lowest BCUT2D eigenvalue weighted by Crippen LogP contribution is -2.18. The highest BCUT2D eigenvalue weighted by molar-refractivity contribution is 6.06. The largest absolute Gasteiger partial charge is 0.269 e. The molecular weight excluding hydrogens is 172 g/mol. The lowest BCUT2D eigenvalue weighted by molar-refractivity contribution is 0.432. The molecule has 0 saturated carbocycles. The number of rotatable bonds is 0. The maximum Gasteiger partial charge on any atom is 0.00105 e. The van der Waals surface area contributed by atoms with Crippen molar-refractivity contribution in [2.24, 2.45) is 5.84 Å². The van der Waals surface area contributed by atoms with E-state index in [-0.39, 0.29) is 0 Å². The molecule has 0 amide bonds. The molecule has 0 spiro atoms. The fourth-order valence-electron chi connectivity index (χ4n) is 1.61. The molecule has 0 aromatic heterocycles. The van der Waals surface area contributed by atoms with E-state index in [1.807, 2.05) is 0 Å². The molecule has 0 radical (unpaired) electrons. The fraction of sp³-hybridized carbons (Fsp3) is 0.167. The third kappa shape index (κ3) is 1.50. The summed E-state index contributed by atoms with van der Waals surface area (Å²) in [6.07, 6.45) is 0. The lowest BCUT2D eigenvalue weighted by Gasteiger charge is -2.16. The Balaban J connectivity index is 0.000000165. The molecule has 14 heavy (non-hydrogen) atoms. The molecule has 2 aromatic rings. The summed E-state index contributed by atoms with van der Waals surface area (Å²) in [7, 11) is 3.56. The first kappa shape index (κ1) is 9.19. The van der Waals surface area contributed by atoms with Gasteiger partial charge in [-0.2, -0.15) is 0 Å². The Bertz CT molecular complexity index is 446. The Morgan fingerprint density at radius 2 is 1.79 bits per heavy atom. The molecule has 0 unspecified atom stereocenters. The average molecular weight is 186 g/mol. The summed E-state index contributed by atoms with van der Waals surface area (Å²) in [5.41, 5.74) is 2.82. The van der Waals surface area contributed by atoms with Crippen LogP contribution in [0.3, 0.4) is 0 Å². The van der Waals surface area contributed by atoms with Gasteiger partial charge in [-0.05, 0) is 28.0 Å². The topological polar surface area (TPSA) is 29.3 Å². The summed E-state index contributed by atoms with van der Waals surface area (Å²) < 4.78 is 0. The molecular formula is C12H14N2. The number of hydrogen-bond donors (Lipinski definition) is 1. The predicted molar refractivity (Wildman–Crippen MR) is 60.8 cm³/mol. The predicted octanol–water partition coefficient (Wildman–Crippen LogP) is 2.24. The highest BCUT2D eigenvalue weighted by Gasteiger charge is 2.11. The van der Waals surface area contributed by atoms with Gasteiger partial charge < -0.3 is 0 Å². The van der Waals surface area contributed by atoms with Crippen LogP contribution in [0.15, 0.2) is 36.4 Å². The van der Waals surface area contributed by atoms with E-state index in [0.717, 1.165) is 0 Å². The zero-order chi connectivity index (χ0) is 10.1. The van der Waals surface area contributed by atoms with Crippen molar-refractivity contribution in [3.05, 3.63) is 36.4 Å². The van der Waals surface area contributed by atoms with Crippen LogP contribution in [0.5, 0.6) is 0 Å². The highest BCUT2D eigenvalue weighted by Crippen LogP contribution is 2.38. The molecule has 72 valence electrons. The van der Waals surface area contributed by atoms with E-state index in [1.54, 1.807) is 14.1 Å². The van der Waals surface area contributed by atoms with Gasteiger partial charge >= 0.3 is 0 Å². The molecule has 0 atom stereocenters. The van der Waals surface area contributed by atoms with Gasteiger partial charge in [0.15, 0.2) is 0 Å². The van der Waals surface area contributed by atoms with E-state index >= 15 is 0 Å². The normalized spacial score (nSPS) is 11.1. The Kier molecular flexibility index (Phi) is 2.23. The first-order valence-electron chi connectivity index (χ1n) is 4.63. The van der Waals surface area contributed by atoms with Crippen molar-refractivity contribution in [1.29, 1.82) is 0 Å². The van der Waals surface area contributed by atoms with Gasteiger partial charge in [-0.15, -0.1) is 0 Å². The van der Waals surface area contributed by atoms with Crippen LogP contribution in [0, 0.1) is 0 Å². The van der Waals surface area contributed by atoms with Gasteiger partial charge in [0.25, 0.3) is 0 Å². The molecule has 3 rings (SSSR count). The minimum absolute atomic E-state index is 1.37. The van der Waals surface area contributed by atoms with Gasteiger partial charge in [-0.25, -0.2) is 0 Å². The number of fused-ring (bicyclic) bond motifs is 2. The van der Waals surface area contributed by atoms with Crippen molar-refractivity contribution < 1.29 is 0 Å². The van der Waals surface area contributed by atoms with Gasteiger partial charge in [0, 0.05) is 14.1 Å². The zero-order valence-corrected chi connectivity index (χ0v) is 8.49. The summed E-state index contributed by atoms with van der Waals surface area (Å²) in [6, 6.07) is 13.0. The molecule has 2 bridgehead atoms. The van der Waals surface area contributed by atoms with Crippen molar-refractivity contribution in [1.82, 2.24) is 5.01 Å². The van der Waals surface area contributed by atoms with E-state index in [0.29, 0.717) is 0 Å². The van der Waals surface area contributed by atoms with Crippen LogP contribution < -0.4 is 5.84 Å². The second-order valence-corrected chi connectivity index (χ2v) is 3.71. The second kappa shape index (κ2) is 3.40. The molecule has 2 N–H and O–H groups in total. The van der Waals surface area contributed by atoms with E-state index in [9.17, 15) is 0 Å². The van der Waals surface area contributed by atoms with Gasteiger partial charge in [-0.1, -0.05) is 30.3 Å². The SMILES string of the molecule is CN(C)N.c1cc2c3cc-2ccc3c1. The van der Waals surface area contributed by atoms with Gasteiger partial charge in [0.1, 0.15) is 0 Å². The molecule has 1 aliphatic carbocycles. The molecule has 0 heterocycles. The number of nitrogens with zero attached hydrogens (tertiary/aromatic N) is 1. The number of hydrazine groups is 1. The van der Waals surface area contributed by atoms with E-state index < -0.39 is 0 Å². The Morgan fingerprint density at radius 1 is 1.07 bits per heavy atom. The fourth-order valence-corrected chi connectivity index (χ4v) is 1.61. The number of benzene rings is 3. The zero-order valence-electron chi connectivity index (χ0n) is 8.49. The smallest absolute Gasteiger partial charge is 0.00105 e. The number of hydrogen-bond acceptors (Lipinski definition) is 2. The van der Waals surface area contributed by atoms with Crippen molar-refractivity contribution >= 4 is 10.8 Å². The van der Waals surface area contributed by atoms with E-state index in [4.69, 9.17) is 5.84 Å². The Hall–Kier alpha value is -1.38. The van der Waals surface area contributed by atoms with Crippen molar-refractivity contribution in [2.45, 2.75) is 0 Å². The quantitative estimate of drug-likeness (QED) is 0.431. The molecule has 2 aromatic carbocycles. The molecule has 2 nitrogen and oxygen atoms in total. The summed E-state index contributed by atoms with van der Waals surface area (Å²) in [6.45, 7) is 0. The first-order valence-corrected chi connectivity index (χ1v) is 4.63. The monoisotopic (exact) mass is 186 g/mol. The molecule has 0 saturated heterocycles. The summed E-state index contributed by atoms with van der Waals surface area (Å²) in [5.74, 6) is 4.94. The Morgan fingerprint density at radius 3 is 2.29 bits per heavy atom. The maximum atomic E-state index is 4.94. The first-order chi connectivity index (χ1) is 6.68. The van der Waals surface area contributed by atoms with Crippen LogP contribution in [0.1, 0.15) is 0 Å². The minimum Gasteiger partial charge on any atom is -0.269 e. The van der Waals surface area contributed by atoms with Gasteiger partial charge in [0.05, 0.1) is 0 Å². The molecule has 0 aliphatic heterocycles. The molecule has 0 fully saturated rings. The van der Waals surface area contributed by atoms with Crippen LogP contribution in [-0.2, 0) is 0 Å². The maximum absolute atomic E-state index is 4.94. The summed E-state index contributed by atoms with van der Waals surface area (Å²) in [4.78, 5) is 0. The lowest BCUT2D eigenvalue weighted by atomic mass is 9.88. The standard InChI is InChI=1S/C10H6.C2H8N2/c1-2-7-4-5-8-6-10(7)9(8)3-1;1-4(2)3/h1-6H;3H2,1-2H3. The van der Waals surface area contributed by atoms with Crippen molar-refractivity contribution in [3.8, 4) is 11.1 Å². The van der Waals surface area contributed by atoms with Crippen molar-refractivity contribution in [3.63, 3.8) is 0 Å². The van der Waals surface area contributed by atoms with Crippen LogP contribution in [0.25, 0.3) is 21.9 Å². The third-order valence-corrected chi connectivity index (χ3v) is 2.19. The molecule has 2 heteroatoms. The Labute approximate surface area is 83.9 Å². The molecule has 1 aliphatic rings. The summed E-state index contributed by atoms with van der Waals surface area (Å²) in [5, 5.41) is 4.30. The van der Waals surface area contributed by atoms with E-state index in [2.05, 4.69) is 36.4 Å². The van der Waals surface area contributed by atoms with Crippen molar-refractivity contribution in [2.75, 3.05) is 14.1 Å². The minimum atomic E-state index is 1.37.